The maximum absolute atomic E-state index is 12.8. The van der Waals surface area contributed by atoms with E-state index in [4.69, 9.17) is 4.74 Å². The van der Waals surface area contributed by atoms with E-state index < -0.39 is 0 Å². The van der Waals surface area contributed by atoms with Crippen molar-refractivity contribution in [2.45, 2.75) is 32.2 Å². The number of amides is 1. The van der Waals surface area contributed by atoms with Crippen molar-refractivity contribution in [2.75, 3.05) is 19.8 Å². The van der Waals surface area contributed by atoms with Crippen LogP contribution in [0.25, 0.3) is 5.78 Å². The van der Waals surface area contributed by atoms with Gasteiger partial charge in [0, 0.05) is 18.9 Å². The van der Waals surface area contributed by atoms with Crippen LogP contribution in [0, 0.1) is 12.8 Å². The number of carbonyl (C=O) groups excluding carboxylic acids is 1. The lowest BCUT2D eigenvalue weighted by Crippen LogP contribution is -2.49. The number of morpholine rings is 1. The third-order valence-electron chi connectivity index (χ3n) is 4.30. The summed E-state index contributed by atoms with van der Waals surface area (Å²) in [4.78, 5) is 23.1. The standard InChI is InChI=1S/C15H19N5O2/c1-10-7-16-15-17-13(18-20(15)8-10)14(21)19-4-5-22-9-12(19)6-11-2-3-11/h7-8,11-12H,2-6,9H2,1H3. The first-order valence-corrected chi connectivity index (χ1v) is 7.78. The predicted molar refractivity (Wildman–Crippen MR) is 78.5 cm³/mol. The van der Waals surface area contributed by atoms with Gasteiger partial charge < -0.3 is 9.64 Å². The minimum Gasteiger partial charge on any atom is -0.377 e. The Morgan fingerprint density at radius 3 is 3.14 bits per heavy atom. The molecule has 0 N–H and O–H groups in total. The smallest absolute Gasteiger partial charge is 0.294 e. The average molecular weight is 301 g/mol. The fourth-order valence-corrected chi connectivity index (χ4v) is 2.95. The number of aryl methyl sites for hydroxylation is 1. The number of hydrogen-bond acceptors (Lipinski definition) is 5. The lowest BCUT2D eigenvalue weighted by atomic mass is 10.1. The van der Waals surface area contributed by atoms with Gasteiger partial charge in [0.2, 0.25) is 5.82 Å². The Labute approximate surface area is 128 Å². The molecular weight excluding hydrogens is 282 g/mol. The quantitative estimate of drug-likeness (QED) is 0.848. The van der Waals surface area contributed by atoms with Crippen molar-refractivity contribution in [3.8, 4) is 0 Å². The summed E-state index contributed by atoms with van der Waals surface area (Å²) < 4.78 is 7.12. The molecule has 0 aromatic carbocycles. The van der Waals surface area contributed by atoms with Crippen molar-refractivity contribution < 1.29 is 9.53 Å². The Morgan fingerprint density at radius 1 is 1.45 bits per heavy atom. The second kappa shape index (κ2) is 5.31. The molecule has 7 heteroatoms. The molecule has 2 aliphatic rings. The third-order valence-corrected chi connectivity index (χ3v) is 4.30. The number of hydrogen-bond donors (Lipinski definition) is 0. The fraction of sp³-hybridized carbons (Fsp3) is 0.600. The van der Waals surface area contributed by atoms with E-state index in [9.17, 15) is 4.79 Å². The summed E-state index contributed by atoms with van der Waals surface area (Å²) >= 11 is 0. The van der Waals surface area contributed by atoms with E-state index in [2.05, 4.69) is 15.1 Å². The van der Waals surface area contributed by atoms with E-state index in [1.165, 1.54) is 12.8 Å². The van der Waals surface area contributed by atoms with Crippen LogP contribution in [0.5, 0.6) is 0 Å². The van der Waals surface area contributed by atoms with Crippen LogP contribution in [-0.4, -0.2) is 56.2 Å². The van der Waals surface area contributed by atoms with Gasteiger partial charge in [0.15, 0.2) is 0 Å². The molecule has 1 aliphatic heterocycles. The first-order valence-electron chi connectivity index (χ1n) is 7.78. The summed E-state index contributed by atoms with van der Waals surface area (Å²) in [5.41, 5.74) is 0.981. The van der Waals surface area contributed by atoms with Gasteiger partial charge in [-0.05, 0) is 24.8 Å². The molecule has 1 saturated heterocycles. The van der Waals surface area contributed by atoms with Crippen LogP contribution in [0.4, 0.5) is 0 Å². The van der Waals surface area contributed by atoms with Crippen LogP contribution in [0.2, 0.25) is 0 Å². The monoisotopic (exact) mass is 301 g/mol. The van der Waals surface area contributed by atoms with Crippen LogP contribution < -0.4 is 0 Å². The van der Waals surface area contributed by atoms with Crippen molar-refractivity contribution in [1.29, 1.82) is 0 Å². The molecule has 116 valence electrons. The molecule has 4 rings (SSSR count). The molecule has 3 heterocycles. The molecule has 7 nitrogen and oxygen atoms in total. The van der Waals surface area contributed by atoms with Gasteiger partial charge in [-0.1, -0.05) is 12.8 Å². The second-order valence-electron chi connectivity index (χ2n) is 6.22. The van der Waals surface area contributed by atoms with Gasteiger partial charge in [-0.2, -0.15) is 4.98 Å². The highest BCUT2D eigenvalue weighted by atomic mass is 16.5. The maximum atomic E-state index is 12.8. The summed E-state index contributed by atoms with van der Waals surface area (Å²) in [6.07, 6.45) is 7.12. The molecule has 2 fully saturated rings. The van der Waals surface area contributed by atoms with E-state index in [0.717, 1.165) is 17.9 Å². The van der Waals surface area contributed by atoms with Crippen LogP contribution >= 0.6 is 0 Å². The van der Waals surface area contributed by atoms with Gasteiger partial charge in [0.1, 0.15) is 0 Å². The van der Waals surface area contributed by atoms with E-state index in [1.54, 1.807) is 10.7 Å². The highest BCUT2D eigenvalue weighted by Crippen LogP contribution is 2.35. The molecule has 1 atom stereocenters. The number of nitrogens with zero attached hydrogens (tertiary/aromatic N) is 5. The molecule has 0 spiro atoms. The van der Waals surface area contributed by atoms with Crippen molar-refractivity contribution >= 4 is 11.7 Å². The van der Waals surface area contributed by atoms with E-state index in [1.807, 2.05) is 18.0 Å². The van der Waals surface area contributed by atoms with Gasteiger partial charge in [0.25, 0.3) is 11.7 Å². The number of fused-ring (bicyclic) bond motifs is 1. The first kappa shape index (κ1) is 13.6. The minimum atomic E-state index is -0.114. The number of carbonyl (C=O) groups is 1. The highest BCUT2D eigenvalue weighted by molar-refractivity contribution is 5.91. The first-order chi connectivity index (χ1) is 10.7. The Hall–Kier alpha value is -2.02. The molecule has 1 unspecified atom stereocenters. The van der Waals surface area contributed by atoms with Gasteiger partial charge in [0.05, 0.1) is 19.3 Å². The predicted octanol–water partition coefficient (Wildman–Crippen LogP) is 1.07. The molecule has 1 amide bonds. The summed E-state index contributed by atoms with van der Waals surface area (Å²) in [6, 6.07) is 0.148. The topological polar surface area (TPSA) is 72.6 Å². The van der Waals surface area contributed by atoms with E-state index in [-0.39, 0.29) is 17.8 Å². The molecule has 22 heavy (non-hydrogen) atoms. The molecule has 0 bridgehead atoms. The second-order valence-corrected chi connectivity index (χ2v) is 6.22. The van der Waals surface area contributed by atoms with Crippen LogP contribution in [0.1, 0.15) is 35.4 Å². The third kappa shape index (κ3) is 2.56. The molecule has 1 aliphatic carbocycles. The molecule has 1 saturated carbocycles. The highest BCUT2D eigenvalue weighted by Gasteiger charge is 2.34. The lowest BCUT2D eigenvalue weighted by molar-refractivity contribution is -0.00630. The average Bonchev–Trinajstić information content (AvgIpc) is 3.23. The Kier molecular flexibility index (Phi) is 3.29. The number of rotatable bonds is 3. The maximum Gasteiger partial charge on any atom is 0.294 e. The zero-order valence-corrected chi connectivity index (χ0v) is 12.6. The summed E-state index contributed by atoms with van der Waals surface area (Å²) in [5.74, 6) is 1.32. The minimum absolute atomic E-state index is 0.114. The van der Waals surface area contributed by atoms with Gasteiger partial charge >= 0.3 is 0 Å². The largest absolute Gasteiger partial charge is 0.377 e. The van der Waals surface area contributed by atoms with Crippen molar-refractivity contribution in [3.05, 3.63) is 23.8 Å². The Bertz CT molecular complexity index is 709. The zero-order chi connectivity index (χ0) is 15.1. The van der Waals surface area contributed by atoms with Crippen LogP contribution in [0.15, 0.2) is 12.4 Å². The lowest BCUT2D eigenvalue weighted by Gasteiger charge is -2.35. The molecule has 2 aromatic heterocycles. The van der Waals surface area contributed by atoms with E-state index >= 15 is 0 Å². The Morgan fingerprint density at radius 2 is 2.32 bits per heavy atom. The molecule has 0 radical (unpaired) electrons. The van der Waals surface area contributed by atoms with Gasteiger partial charge in [-0.25, -0.2) is 9.50 Å². The Balaban J connectivity index is 1.59. The van der Waals surface area contributed by atoms with Crippen LogP contribution in [-0.2, 0) is 4.74 Å². The summed E-state index contributed by atoms with van der Waals surface area (Å²) in [5, 5.41) is 4.29. The van der Waals surface area contributed by atoms with Crippen LogP contribution in [0.3, 0.4) is 0 Å². The zero-order valence-electron chi connectivity index (χ0n) is 12.6. The van der Waals surface area contributed by atoms with Gasteiger partial charge in [-0.15, -0.1) is 5.10 Å². The van der Waals surface area contributed by atoms with Crippen molar-refractivity contribution in [3.63, 3.8) is 0 Å². The van der Waals surface area contributed by atoms with E-state index in [0.29, 0.717) is 25.5 Å². The molecular formula is C15H19N5O2. The SMILES string of the molecule is Cc1cnc2nc(C(=O)N3CCOCC3CC3CC3)nn2c1. The normalized spacial score (nSPS) is 22.2. The molecule has 2 aromatic rings. The number of aromatic nitrogens is 4. The van der Waals surface area contributed by atoms with Gasteiger partial charge in [-0.3, -0.25) is 4.79 Å². The number of ether oxygens (including phenoxy) is 1. The fourth-order valence-electron chi connectivity index (χ4n) is 2.95. The summed E-state index contributed by atoms with van der Waals surface area (Å²) in [7, 11) is 0. The van der Waals surface area contributed by atoms with Crippen molar-refractivity contribution in [2.24, 2.45) is 5.92 Å². The summed E-state index contributed by atoms with van der Waals surface area (Å²) in [6.45, 7) is 3.74. The van der Waals surface area contributed by atoms with Crippen molar-refractivity contribution in [1.82, 2.24) is 24.5 Å².